The van der Waals surface area contributed by atoms with E-state index in [4.69, 9.17) is 0 Å². The van der Waals surface area contributed by atoms with Gasteiger partial charge in [-0.15, -0.1) is 13.2 Å². The van der Waals surface area contributed by atoms with Gasteiger partial charge in [0.2, 0.25) is 5.91 Å². The van der Waals surface area contributed by atoms with Gasteiger partial charge in [-0.25, -0.2) is 0 Å². The van der Waals surface area contributed by atoms with E-state index in [-0.39, 0.29) is 0 Å². The third kappa shape index (κ3) is 4.32. The van der Waals surface area contributed by atoms with Gasteiger partial charge in [0.25, 0.3) is 0 Å². The summed E-state index contributed by atoms with van der Waals surface area (Å²) in [4.78, 5) is 12.7. The number of rotatable bonds is 5. The first-order chi connectivity index (χ1) is 9.63. The summed E-state index contributed by atoms with van der Waals surface area (Å²) in [7, 11) is -0.724. The van der Waals surface area contributed by atoms with E-state index in [1.165, 1.54) is 7.05 Å². The number of carbonyl (C=O) groups is 1. The molecule has 1 aromatic carbocycles. The Kier molecular flexibility index (Phi) is 5.17. The molecular formula is C15H18F3NOSi. The molecule has 1 aromatic rings. The van der Waals surface area contributed by atoms with Crippen molar-refractivity contribution in [3.05, 3.63) is 48.8 Å². The summed E-state index contributed by atoms with van der Waals surface area (Å²) in [6.07, 6.45) is -5.97. The van der Waals surface area contributed by atoms with E-state index in [1.807, 2.05) is 24.0 Å². The third-order valence-corrected chi connectivity index (χ3v) is 6.68. The molecule has 0 atom stereocenters. The number of carbonyl (C=O) groups excluding carboxylic acids is 1. The van der Waals surface area contributed by atoms with Gasteiger partial charge < -0.3 is 4.90 Å². The molecule has 0 unspecified atom stereocenters. The predicted octanol–water partition coefficient (Wildman–Crippen LogP) is 3.34. The summed E-state index contributed by atoms with van der Waals surface area (Å²) >= 11 is 0. The monoisotopic (exact) mass is 313 g/mol. The van der Waals surface area contributed by atoms with Crippen molar-refractivity contribution in [1.82, 2.24) is 0 Å². The molecule has 1 rings (SSSR count). The number of halogens is 3. The van der Waals surface area contributed by atoms with Gasteiger partial charge in [0.05, 0.1) is 0 Å². The maximum absolute atomic E-state index is 12.3. The average Bonchev–Trinajstić information content (AvgIpc) is 2.44. The van der Waals surface area contributed by atoms with Crippen molar-refractivity contribution in [3.63, 3.8) is 0 Å². The zero-order chi connectivity index (χ0) is 16.3. The standard InChI is InChI=1S/C15H18F3NOSi/c1-5-21(4,6-2)13-9-7-8-12(10-13)19(3)14(20)11-15(16,17)18/h5-10H,1-2,11H2,3-4H3. The lowest BCUT2D eigenvalue weighted by atomic mass is 10.2. The number of hydrogen-bond acceptors (Lipinski definition) is 1. The fourth-order valence-electron chi connectivity index (χ4n) is 1.80. The van der Waals surface area contributed by atoms with Crippen LogP contribution in [-0.2, 0) is 4.79 Å². The minimum atomic E-state index is -4.51. The maximum Gasteiger partial charge on any atom is 0.397 e. The first-order valence-corrected chi connectivity index (χ1v) is 8.99. The molecule has 0 fully saturated rings. The first kappa shape index (κ1) is 17.2. The van der Waals surface area contributed by atoms with Crippen LogP contribution in [0, 0.1) is 0 Å². The Bertz CT molecular complexity index is 546. The van der Waals surface area contributed by atoms with Gasteiger partial charge in [-0.1, -0.05) is 30.1 Å². The van der Waals surface area contributed by atoms with E-state index in [0.717, 1.165) is 10.1 Å². The number of amides is 1. The highest BCUT2D eigenvalue weighted by Gasteiger charge is 2.33. The van der Waals surface area contributed by atoms with E-state index in [2.05, 4.69) is 13.2 Å². The second kappa shape index (κ2) is 6.30. The van der Waals surface area contributed by atoms with Gasteiger partial charge >= 0.3 is 6.18 Å². The largest absolute Gasteiger partial charge is 0.397 e. The quantitative estimate of drug-likeness (QED) is 0.764. The lowest BCUT2D eigenvalue weighted by Crippen LogP contribution is -2.41. The highest BCUT2D eigenvalue weighted by atomic mass is 28.3. The summed E-state index contributed by atoms with van der Waals surface area (Å²) in [5.41, 5.74) is 4.09. The van der Waals surface area contributed by atoms with Crippen LogP contribution in [-0.4, -0.2) is 27.2 Å². The van der Waals surface area contributed by atoms with Gasteiger partial charge in [-0.05, 0) is 17.3 Å². The Morgan fingerprint density at radius 1 is 1.33 bits per heavy atom. The van der Waals surface area contributed by atoms with Gasteiger partial charge in [0.15, 0.2) is 0 Å². The van der Waals surface area contributed by atoms with Crippen LogP contribution in [0.25, 0.3) is 0 Å². The van der Waals surface area contributed by atoms with Crippen LogP contribution < -0.4 is 10.1 Å². The van der Waals surface area contributed by atoms with Gasteiger partial charge in [0, 0.05) is 12.7 Å². The summed E-state index contributed by atoms with van der Waals surface area (Å²) in [5, 5.41) is 0.941. The summed E-state index contributed by atoms with van der Waals surface area (Å²) in [6.45, 7) is 9.62. The molecule has 1 amide bonds. The molecule has 0 saturated carbocycles. The molecule has 0 aliphatic heterocycles. The van der Waals surface area contributed by atoms with Gasteiger partial charge in [-0.2, -0.15) is 13.2 Å². The summed E-state index contributed by atoms with van der Waals surface area (Å²) in [5.74, 6) is -0.986. The fourth-order valence-corrected chi connectivity index (χ4v) is 3.35. The Labute approximate surface area is 123 Å². The average molecular weight is 313 g/mol. The molecule has 0 N–H and O–H groups in total. The van der Waals surface area contributed by atoms with Gasteiger partial charge in [-0.3, -0.25) is 4.79 Å². The van der Waals surface area contributed by atoms with E-state index in [9.17, 15) is 18.0 Å². The van der Waals surface area contributed by atoms with Crippen LogP contribution >= 0.6 is 0 Å². The minimum absolute atomic E-state index is 0.434. The summed E-state index contributed by atoms with van der Waals surface area (Å²) in [6, 6.07) is 6.93. The van der Waals surface area contributed by atoms with Crippen molar-refractivity contribution < 1.29 is 18.0 Å². The third-order valence-electron chi connectivity index (χ3n) is 3.43. The van der Waals surface area contributed by atoms with Crippen molar-refractivity contribution in [3.8, 4) is 0 Å². The Morgan fingerprint density at radius 2 is 1.90 bits per heavy atom. The molecule has 0 aromatic heterocycles. The van der Waals surface area contributed by atoms with Crippen molar-refractivity contribution in [2.45, 2.75) is 19.1 Å². The number of anilines is 1. The zero-order valence-corrected chi connectivity index (χ0v) is 13.1. The Morgan fingerprint density at radius 3 is 2.38 bits per heavy atom. The molecule has 6 heteroatoms. The normalized spacial score (nSPS) is 11.9. The molecule has 0 spiro atoms. The van der Waals surface area contributed by atoms with Crippen molar-refractivity contribution >= 4 is 24.9 Å². The molecule has 0 aliphatic carbocycles. The molecule has 114 valence electrons. The second-order valence-corrected chi connectivity index (χ2v) is 8.95. The maximum atomic E-state index is 12.3. The predicted molar refractivity (Wildman–Crippen MR) is 82.2 cm³/mol. The molecule has 0 saturated heterocycles. The van der Waals surface area contributed by atoms with E-state index >= 15 is 0 Å². The Balaban J connectivity index is 3.08. The molecular weight excluding hydrogens is 295 g/mol. The van der Waals surface area contributed by atoms with E-state index < -0.39 is 26.6 Å². The van der Waals surface area contributed by atoms with Crippen LogP contribution in [0.3, 0.4) is 0 Å². The molecule has 2 nitrogen and oxygen atoms in total. The first-order valence-electron chi connectivity index (χ1n) is 6.34. The Hall–Kier alpha value is -1.82. The van der Waals surface area contributed by atoms with Crippen molar-refractivity contribution in [2.24, 2.45) is 0 Å². The molecule has 0 bridgehead atoms. The second-order valence-electron chi connectivity index (χ2n) is 4.99. The fraction of sp³-hybridized carbons (Fsp3) is 0.267. The molecule has 0 heterocycles. The highest BCUT2D eigenvalue weighted by Crippen LogP contribution is 2.22. The van der Waals surface area contributed by atoms with Gasteiger partial charge in [0.1, 0.15) is 14.5 Å². The molecule has 21 heavy (non-hydrogen) atoms. The SMILES string of the molecule is C=C[Si](C)(C=C)c1cccc(N(C)C(=O)CC(F)(F)F)c1. The molecule has 0 radical (unpaired) electrons. The van der Waals surface area contributed by atoms with E-state index in [0.29, 0.717) is 5.69 Å². The van der Waals surface area contributed by atoms with Crippen molar-refractivity contribution in [2.75, 3.05) is 11.9 Å². The number of hydrogen-bond donors (Lipinski definition) is 0. The smallest absolute Gasteiger partial charge is 0.315 e. The van der Waals surface area contributed by atoms with Crippen LogP contribution in [0.4, 0.5) is 18.9 Å². The number of benzene rings is 1. The van der Waals surface area contributed by atoms with Crippen LogP contribution in [0.1, 0.15) is 6.42 Å². The van der Waals surface area contributed by atoms with Crippen molar-refractivity contribution in [1.29, 1.82) is 0 Å². The van der Waals surface area contributed by atoms with Crippen LogP contribution in [0.5, 0.6) is 0 Å². The number of nitrogens with zero attached hydrogens (tertiary/aromatic N) is 1. The van der Waals surface area contributed by atoms with E-state index in [1.54, 1.807) is 18.2 Å². The topological polar surface area (TPSA) is 20.3 Å². The lowest BCUT2D eigenvalue weighted by Gasteiger charge is -2.23. The van der Waals surface area contributed by atoms with Crippen LogP contribution in [0.2, 0.25) is 6.55 Å². The summed E-state index contributed by atoms with van der Waals surface area (Å²) < 4.78 is 36.9. The lowest BCUT2D eigenvalue weighted by molar-refractivity contribution is -0.151. The number of alkyl halides is 3. The van der Waals surface area contributed by atoms with Crippen LogP contribution in [0.15, 0.2) is 48.8 Å². The minimum Gasteiger partial charge on any atom is -0.315 e. The molecule has 0 aliphatic rings. The zero-order valence-electron chi connectivity index (χ0n) is 12.1. The highest BCUT2D eigenvalue weighted by molar-refractivity contribution is 6.98.